The molecular formula is C13H24N2O4. The van der Waals surface area contributed by atoms with Gasteiger partial charge in [-0.3, -0.25) is 0 Å². The van der Waals surface area contributed by atoms with E-state index in [4.69, 9.17) is 9.47 Å². The maximum absolute atomic E-state index is 11.7. The van der Waals surface area contributed by atoms with Gasteiger partial charge in [-0.1, -0.05) is 6.92 Å². The van der Waals surface area contributed by atoms with Crippen LogP contribution in [0.5, 0.6) is 0 Å². The summed E-state index contributed by atoms with van der Waals surface area (Å²) in [6.45, 7) is 8.60. The van der Waals surface area contributed by atoms with Gasteiger partial charge in [-0.15, -0.1) is 0 Å². The quantitative estimate of drug-likeness (QED) is 0.792. The molecule has 1 N–H and O–H groups in total. The van der Waals surface area contributed by atoms with Crippen LogP contribution >= 0.6 is 0 Å². The number of amides is 2. The van der Waals surface area contributed by atoms with Crippen molar-refractivity contribution in [2.24, 2.45) is 5.92 Å². The van der Waals surface area contributed by atoms with Gasteiger partial charge in [0.15, 0.2) is 0 Å². The second-order valence-electron chi connectivity index (χ2n) is 6.06. The molecule has 0 aromatic carbocycles. The highest BCUT2D eigenvalue weighted by molar-refractivity contribution is 5.69. The van der Waals surface area contributed by atoms with Gasteiger partial charge in [0.25, 0.3) is 0 Å². The molecule has 6 nitrogen and oxygen atoms in total. The van der Waals surface area contributed by atoms with E-state index in [0.29, 0.717) is 19.0 Å². The number of alkyl carbamates (subject to hydrolysis) is 1. The summed E-state index contributed by atoms with van der Waals surface area (Å²) in [5.74, 6) is 0.313. The number of ether oxygens (including phenoxy) is 2. The Morgan fingerprint density at radius 3 is 2.42 bits per heavy atom. The number of hydrogen-bond acceptors (Lipinski definition) is 4. The molecule has 1 fully saturated rings. The van der Waals surface area contributed by atoms with Crippen LogP contribution in [0.4, 0.5) is 9.59 Å². The third-order valence-corrected chi connectivity index (χ3v) is 2.81. The van der Waals surface area contributed by atoms with Crippen LogP contribution in [0.2, 0.25) is 0 Å². The molecule has 6 heteroatoms. The Balaban J connectivity index is 2.53. The largest absolute Gasteiger partial charge is 0.453 e. The molecule has 2 unspecified atom stereocenters. The number of hydrogen-bond donors (Lipinski definition) is 1. The zero-order chi connectivity index (χ0) is 14.6. The lowest BCUT2D eigenvalue weighted by molar-refractivity contribution is 0.0441. The van der Waals surface area contributed by atoms with E-state index >= 15 is 0 Å². The number of rotatable bonds is 1. The molecule has 0 radical (unpaired) electrons. The second kappa shape index (κ2) is 6.12. The van der Waals surface area contributed by atoms with Gasteiger partial charge in [0.1, 0.15) is 5.60 Å². The van der Waals surface area contributed by atoms with Gasteiger partial charge in [0, 0.05) is 13.1 Å². The molecule has 19 heavy (non-hydrogen) atoms. The number of nitrogens with one attached hydrogen (secondary N) is 1. The Kier molecular flexibility index (Phi) is 5.03. The Hall–Kier alpha value is -1.46. The summed E-state index contributed by atoms with van der Waals surface area (Å²) in [4.78, 5) is 24.9. The number of piperidine rings is 1. The van der Waals surface area contributed by atoms with Gasteiger partial charge in [0.05, 0.1) is 13.2 Å². The lowest BCUT2D eigenvalue weighted by Gasteiger charge is -2.36. The molecule has 2 atom stereocenters. The molecule has 0 aromatic rings. The maximum atomic E-state index is 11.7. The van der Waals surface area contributed by atoms with Crippen LogP contribution in [0.1, 0.15) is 34.1 Å². The molecule has 110 valence electrons. The van der Waals surface area contributed by atoms with E-state index in [1.54, 1.807) is 4.90 Å². The van der Waals surface area contributed by atoms with Crippen LogP contribution < -0.4 is 5.32 Å². The minimum atomic E-state index is -0.521. The molecule has 1 saturated heterocycles. The van der Waals surface area contributed by atoms with E-state index < -0.39 is 11.7 Å². The SMILES string of the molecule is COC(=O)N1CC(C)CC(NC(=O)OC(C)(C)C)C1. The minimum Gasteiger partial charge on any atom is -0.453 e. The Morgan fingerprint density at radius 2 is 1.89 bits per heavy atom. The lowest BCUT2D eigenvalue weighted by atomic mass is 9.96. The highest BCUT2D eigenvalue weighted by Crippen LogP contribution is 2.17. The van der Waals surface area contributed by atoms with E-state index in [9.17, 15) is 9.59 Å². The Labute approximate surface area is 114 Å². The highest BCUT2D eigenvalue weighted by atomic mass is 16.6. The van der Waals surface area contributed by atoms with Crippen molar-refractivity contribution in [1.82, 2.24) is 10.2 Å². The molecule has 1 aliphatic rings. The number of carbonyl (C=O) groups excluding carboxylic acids is 2. The standard InChI is InChI=1S/C13H24N2O4/c1-9-6-10(8-15(7-9)12(17)18-5)14-11(16)19-13(2,3)4/h9-10H,6-8H2,1-5H3,(H,14,16). The Bertz CT molecular complexity index is 338. The van der Waals surface area contributed by atoms with Crippen molar-refractivity contribution < 1.29 is 19.1 Å². The van der Waals surface area contributed by atoms with Gasteiger partial charge >= 0.3 is 12.2 Å². The van der Waals surface area contributed by atoms with Gasteiger partial charge in [-0.25, -0.2) is 9.59 Å². The van der Waals surface area contributed by atoms with Gasteiger partial charge in [-0.05, 0) is 33.1 Å². The summed E-state index contributed by atoms with van der Waals surface area (Å²) in [6, 6.07) is -0.0994. The van der Waals surface area contributed by atoms with Crippen LogP contribution in [0.3, 0.4) is 0 Å². The van der Waals surface area contributed by atoms with Crippen molar-refractivity contribution in [1.29, 1.82) is 0 Å². The van der Waals surface area contributed by atoms with Gasteiger partial charge in [0.2, 0.25) is 0 Å². The first kappa shape index (κ1) is 15.6. The summed E-state index contributed by atoms with van der Waals surface area (Å²) in [5, 5.41) is 2.80. The molecule has 0 aromatic heterocycles. The molecule has 0 aliphatic carbocycles. The predicted octanol–water partition coefficient (Wildman–Crippen LogP) is 1.99. The Morgan fingerprint density at radius 1 is 1.26 bits per heavy atom. The van der Waals surface area contributed by atoms with Crippen LogP contribution in [-0.2, 0) is 9.47 Å². The summed E-state index contributed by atoms with van der Waals surface area (Å²) >= 11 is 0. The third-order valence-electron chi connectivity index (χ3n) is 2.81. The molecular weight excluding hydrogens is 248 g/mol. The summed E-state index contributed by atoms with van der Waals surface area (Å²) < 4.78 is 9.93. The lowest BCUT2D eigenvalue weighted by Crippen LogP contribution is -2.52. The first-order valence-electron chi connectivity index (χ1n) is 6.53. The normalized spacial score (nSPS) is 23.7. The van der Waals surface area contributed by atoms with Crippen molar-refractivity contribution in [2.45, 2.75) is 45.8 Å². The molecule has 0 spiro atoms. The topological polar surface area (TPSA) is 67.9 Å². The first-order valence-corrected chi connectivity index (χ1v) is 6.53. The van der Waals surface area contributed by atoms with Crippen molar-refractivity contribution >= 4 is 12.2 Å². The molecule has 2 amide bonds. The van der Waals surface area contributed by atoms with Crippen molar-refractivity contribution in [3.8, 4) is 0 Å². The zero-order valence-corrected chi connectivity index (χ0v) is 12.4. The monoisotopic (exact) mass is 272 g/mol. The van der Waals surface area contributed by atoms with E-state index in [-0.39, 0.29) is 12.1 Å². The van der Waals surface area contributed by atoms with Crippen LogP contribution in [0, 0.1) is 5.92 Å². The maximum Gasteiger partial charge on any atom is 0.409 e. The van der Waals surface area contributed by atoms with E-state index in [0.717, 1.165) is 6.42 Å². The van der Waals surface area contributed by atoms with Crippen molar-refractivity contribution in [2.75, 3.05) is 20.2 Å². The van der Waals surface area contributed by atoms with Gasteiger partial charge < -0.3 is 19.7 Å². The van der Waals surface area contributed by atoms with Crippen LogP contribution in [-0.4, -0.2) is 48.9 Å². The third kappa shape index (κ3) is 5.36. The van der Waals surface area contributed by atoms with E-state index in [2.05, 4.69) is 5.32 Å². The van der Waals surface area contributed by atoms with Crippen LogP contribution in [0.15, 0.2) is 0 Å². The number of carbonyl (C=O) groups is 2. The number of nitrogens with zero attached hydrogens (tertiary/aromatic N) is 1. The second-order valence-corrected chi connectivity index (χ2v) is 6.06. The fourth-order valence-corrected chi connectivity index (χ4v) is 2.21. The number of likely N-dealkylation sites (tertiary alicyclic amines) is 1. The average Bonchev–Trinajstić information content (AvgIpc) is 2.24. The summed E-state index contributed by atoms with van der Waals surface area (Å²) in [5.41, 5.74) is -0.521. The zero-order valence-electron chi connectivity index (χ0n) is 12.4. The van der Waals surface area contributed by atoms with Crippen LogP contribution in [0.25, 0.3) is 0 Å². The fraction of sp³-hybridized carbons (Fsp3) is 0.846. The molecule has 0 saturated carbocycles. The first-order chi connectivity index (χ1) is 8.71. The average molecular weight is 272 g/mol. The van der Waals surface area contributed by atoms with E-state index in [1.807, 2.05) is 27.7 Å². The summed E-state index contributed by atoms with van der Waals surface area (Å²) in [6.07, 6.45) is 0.0196. The predicted molar refractivity (Wildman–Crippen MR) is 70.9 cm³/mol. The van der Waals surface area contributed by atoms with Crippen molar-refractivity contribution in [3.63, 3.8) is 0 Å². The molecule has 1 rings (SSSR count). The van der Waals surface area contributed by atoms with Crippen molar-refractivity contribution in [3.05, 3.63) is 0 Å². The van der Waals surface area contributed by atoms with Gasteiger partial charge in [-0.2, -0.15) is 0 Å². The smallest absolute Gasteiger partial charge is 0.409 e. The molecule has 1 heterocycles. The fourth-order valence-electron chi connectivity index (χ4n) is 2.21. The molecule has 1 aliphatic heterocycles. The highest BCUT2D eigenvalue weighted by Gasteiger charge is 2.30. The minimum absolute atomic E-state index is 0.0994. The van der Waals surface area contributed by atoms with E-state index in [1.165, 1.54) is 7.11 Å². The summed E-state index contributed by atoms with van der Waals surface area (Å²) in [7, 11) is 1.36. The number of methoxy groups -OCH3 is 1. The molecule has 0 bridgehead atoms.